The Balaban J connectivity index is 2.69. The predicted octanol–water partition coefficient (Wildman–Crippen LogP) is 3.15. The van der Waals surface area contributed by atoms with E-state index < -0.39 is 17.4 Å². The van der Waals surface area contributed by atoms with E-state index in [2.05, 4.69) is 0 Å². The molecule has 0 heterocycles. The van der Waals surface area contributed by atoms with Crippen LogP contribution in [0.15, 0.2) is 36.4 Å². The van der Waals surface area contributed by atoms with Gasteiger partial charge in [-0.3, -0.25) is 4.79 Å². The number of carbonyl (C=O) groups is 1. The molecule has 0 unspecified atom stereocenters. The van der Waals surface area contributed by atoms with E-state index in [1.165, 1.54) is 36.4 Å². The zero-order chi connectivity index (χ0) is 12.4. The van der Waals surface area contributed by atoms with Crippen molar-refractivity contribution in [3.8, 4) is 16.9 Å². The molecule has 86 valence electrons. The van der Waals surface area contributed by atoms with Gasteiger partial charge in [0, 0.05) is 11.1 Å². The minimum atomic E-state index is -0.908. The molecule has 2 rings (SSSR count). The summed E-state index contributed by atoms with van der Waals surface area (Å²) in [6.45, 7) is 0. The van der Waals surface area contributed by atoms with E-state index in [9.17, 15) is 18.7 Å². The summed E-state index contributed by atoms with van der Waals surface area (Å²) in [5, 5.41) is 9.21. The molecule has 0 aromatic heterocycles. The fraction of sp³-hybridized carbons (Fsp3) is 0. The average molecular weight is 234 g/mol. The van der Waals surface area contributed by atoms with Gasteiger partial charge >= 0.3 is 0 Å². The fourth-order valence-electron chi connectivity index (χ4n) is 1.58. The molecular formula is C13H8F2O2. The highest BCUT2D eigenvalue weighted by Gasteiger charge is 2.14. The molecule has 0 saturated heterocycles. The Hall–Kier alpha value is -2.23. The van der Waals surface area contributed by atoms with Crippen LogP contribution in [0.2, 0.25) is 0 Å². The lowest BCUT2D eigenvalue weighted by molar-refractivity contribution is 0.112. The fourth-order valence-corrected chi connectivity index (χ4v) is 1.58. The summed E-state index contributed by atoms with van der Waals surface area (Å²) >= 11 is 0. The molecule has 2 aromatic carbocycles. The second-order valence-electron chi connectivity index (χ2n) is 3.47. The van der Waals surface area contributed by atoms with E-state index in [1.807, 2.05) is 0 Å². The molecule has 0 aliphatic carbocycles. The number of benzene rings is 2. The average Bonchev–Trinajstić information content (AvgIpc) is 2.33. The van der Waals surface area contributed by atoms with Crippen LogP contribution in [0, 0.1) is 11.6 Å². The van der Waals surface area contributed by atoms with Crippen molar-refractivity contribution in [1.29, 1.82) is 0 Å². The number of phenols is 1. The Morgan fingerprint density at radius 1 is 0.941 bits per heavy atom. The molecule has 0 fully saturated rings. The van der Waals surface area contributed by atoms with Gasteiger partial charge in [0.2, 0.25) is 0 Å². The Morgan fingerprint density at radius 2 is 1.53 bits per heavy atom. The van der Waals surface area contributed by atoms with E-state index in [-0.39, 0.29) is 16.7 Å². The molecule has 2 aromatic rings. The summed E-state index contributed by atoms with van der Waals surface area (Å²) in [4.78, 5) is 10.6. The van der Waals surface area contributed by atoms with Crippen molar-refractivity contribution < 1.29 is 18.7 Å². The van der Waals surface area contributed by atoms with Gasteiger partial charge in [-0.1, -0.05) is 24.3 Å². The molecule has 0 bridgehead atoms. The molecular weight excluding hydrogens is 226 g/mol. The van der Waals surface area contributed by atoms with Gasteiger partial charge < -0.3 is 5.11 Å². The lowest BCUT2D eigenvalue weighted by atomic mass is 10.0. The van der Waals surface area contributed by atoms with Crippen molar-refractivity contribution in [3.63, 3.8) is 0 Å². The topological polar surface area (TPSA) is 37.3 Å². The number of halogens is 2. The van der Waals surface area contributed by atoms with Gasteiger partial charge in [-0.25, -0.2) is 8.78 Å². The normalized spacial score (nSPS) is 10.2. The van der Waals surface area contributed by atoms with Gasteiger partial charge in [0.25, 0.3) is 0 Å². The van der Waals surface area contributed by atoms with Crippen molar-refractivity contribution in [1.82, 2.24) is 0 Å². The quantitative estimate of drug-likeness (QED) is 0.810. The van der Waals surface area contributed by atoms with Gasteiger partial charge in [-0.2, -0.15) is 0 Å². The second kappa shape index (κ2) is 4.33. The summed E-state index contributed by atoms with van der Waals surface area (Å²) in [5.41, 5.74) is -0.278. The minimum Gasteiger partial charge on any atom is -0.505 e. The highest BCUT2D eigenvalue weighted by molar-refractivity contribution is 5.80. The van der Waals surface area contributed by atoms with Crippen molar-refractivity contribution in [2.24, 2.45) is 0 Å². The van der Waals surface area contributed by atoms with Gasteiger partial charge in [0.1, 0.15) is 5.82 Å². The third kappa shape index (κ3) is 1.89. The van der Waals surface area contributed by atoms with Gasteiger partial charge in [0.05, 0.1) is 5.56 Å². The Kier molecular flexibility index (Phi) is 2.87. The first-order chi connectivity index (χ1) is 8.15. The standard InChI is InChI=1S/C13H8F2O2/c14-12-8(7-16)3-1-4-9(12)10-5-2-6-11(17)13(10)15/h1-7,17H. The lowest BCUT2D eigenvalue weighted by Gasteiger charge is -2.07. The van der Waals surface area contributed by atoms with Crippen LogP contribution in [-0.2, 0) is 0 Å². The molecule has 17 heavy (non-hydrogen) atoms. The van der Waals surface area contributed by atoms with Crippen molar-refractivity contribution in [3.05, 3.63) is 53.6 Å². The first-order valence-electron chi connectivity index (χ1n) is 4.86. The number of aromatic hydroxyl groups is 1. The van der Waals surface area contributed by atoms with Gasteiger partial charge in [-0.15, -0.1) is 0 Å². The van der Waals surface area contributed by atoms with Crippen LogP contribution < -0.4 is 0 Å². The van der Waals surface area contributed by atoms with E-state index in [0.29, 0.717) is 6.29 Å². The van der Waals surface area contributed by atoms with E-state index >= 15 is 0 Å². The van der Waals surface area contributed by atoms with Gasteiger partial charge in [-0.05, 0) is 12.1 Å². The first kappa shape index (κ1) is 11.3. The number of hydrogen-bond acceptors (Lipinski definition) is 2. The van der Waals surface area contributed by atoms with E-state index in [1.54, 1.807) is 0 Å². The Labute approximate surface area is 96.1 Å². The van der Waals surface area contributed by atoms with Crippen molar-refractivity contribution >= 4 is 6.29 Å². The number of carbonyl (C=O) groups excluding carboxylic acids is 1. The third-order valence-corrected chi connectivity index (χ3v) is 2.42. The maximum atomic E-state index is 13.8. The zero-order valence-corrected chi connectivity index (χ0v) is 8.65. The molecule has 2 nitrogen and oxygen atoms in total. The number of hydrogen-bond donors (Lipinski definition) is 1. The smallest absolute Gasteiger partial charge is 0.172 e. The lowest BCUT2D eigenvalue weighted by Crippen LogP contribution is -1.93. The minimum absolute atomic E-state index is 0.0528. The summed E-state index contributed by atoms with van der Waals surface area (Å²) in [6, 6.07) is 8.00. The molecule has 0 radical (unpaired) electrons. The molecule has 0 saturated carbocycles. The molecule has 0 aliphatic heterocycles. The maximum absolute atomic E-state index is 13.8. The van der Waals surface area contributed by atoms with Crippen LogP contribution >= 0.6 is 0 Å². The van der Waals surface area contributed by atoms with E-state index in [4.69, 9.17) is 0 Å². The summed E-state index contributed by atoms with van der Waals surface area (Å²) in [6.07, 6.45) is 0.361. The van der Waals surface area contributed by atoms with Crippen molar-refractivity contribution in [2.75, 3.05) is 0 Å². The molecule has 0 amide bonds. The number of phenolic OH excluding ortho intramolecular Hbond substituents is 1. The van der Waals surface area contributed by atoms with E-state index in [0.717, 1.165) is 0 Å². The monoisotopic (exact) mass is 234 g/mol. The first-order valence-corrected chi connectivity index (χ1v) is 4.86. The van der Waals surface area contributed by atoms with Crippen LogP contribution in [-0.4, -0.2) is 11.4 Å². The second-order valence-corrected chi connectivity index (χ2v) is 3.47. The van der Waals surface area contributed by atoms with Crippen LogP contribution in [0.4, 0.5) is 8.78 Å². The summed E-state index contributed by atoms with van der Waals surface area (Å²) in [5.74, 6) is -2.26. The maximum Gasteiger partial charge on any atom is 0.172 e. The SMILES string of the molecule is O=Cc1cccc(-c2cccc(O)c2F)c1F. The number of aldehydes is 1. The van der Waals surface area contributed by atoms with Crippen LogP contribution in [0.5, 0.6) is 5.75 Å². The van der Waals surface area contributed by atoms with Crippen LogP contribution in [0.1, 0.15) is 10.4 Å². The molecule has 0 atom stereocenters. The molecule has 0 spiro atoms. The van der Waals surface area contributed by atoms with Crippen molar-refractivity contribution in [2.45, 2.75) is 0 Å². The highest BCUT2D eigenvalue weighted by Crippen LogP contribution is 2.30. The largest absolute Gasteiger partial charge is 0.505 e. The number of rotatable bonds is 2. The van der Waals surface area contributed by atoms with Crippen LogP contribution in [0.25, 0.3) is 11.1 Å². The molecule has 1 N–H and O–H groups in total. The Bertz CT molecular complexity index is 580. The van der Waals surface area contributed by atoms with Gasteiger partial charge in [0.15, 0.2) is 17.9 Å². The summed E-state index contributed by atoms with van der Waals surface area (Å²) in [7, 11) is 0. The Morgan fingerprint density at radius 3 is 2.18 bits per heavy atom. The highest BCUT2D eigenvalue weighted by atomic mass is 19.1. The predicted molar refractivity (Wildman–Crippen MR) is 58.8 cm³/mol. The zero-order valence-electron chi connectivity index (χ0n) is 8.65. The molecule has 4 heteroatoms. The summed E-state index contributed by atoms with van der Waals surface area (Å²) < 4.78 is 27.4. The van der Waals surface area contributed by atoms with Crippen LogP contribution in [0.3, 0.4) is 0 Å². The third-order valence-electron chi connectivity index (χ3n) is 2.42. The molecule has 0 aliphatic rings.